The van der Waals surface area contributed by atoms with Crippen molar-refractivity contribution in [2.24, 2.45) is 0 Å². The van der Waals surface area contributed by atoms with Gasteiger partial charge >= 0.3 is 0 Å². The number of aryl methyl sites for hydroxylation is 2. The van der Waals surface area contributed by atoms with Crippen LogP contribution in [-0.2, 0) is 19.4 Å². The number of hydrogen-bond acceptors (Lipinski definition) is 6. The molecule has 0 amide bonds. The summed E-state index contributed by atoms with van der Waals surface area (Å²) in [4.78, 5) is 16.6. The molecule has 0 spiro atoms. The zero-order chi connectivity index (χ0) is 19.8. The summed E-state index contributed by atoms with van der Waals surface area (Å²) in [5, 5.41) is 1.28. The molecule has 5 rings (SSSR count). The molecule has 2 aliphatic rings. The van der Waals surface area contributed by atoms with Crippen LogP contribution in [0.4, 0.5) is 10.2 Å². The molecule has 0 N–H and O–H groups in total. The molecule has 2 aromatic heterocycles. The summed E-state index contributed by atoms with van der Waals surface area (Å²) < 4.78 is 19.1. The molecule has 29 heavy (non-hydrogen) atoms. The Bertz CT molecular complexity index is 1030. The minimum absolute atomic E-state index is 0.218. The fraction of sp³-hybridized carbons (Fsp3) is 0.455. The molecule has 1 fully saturated rings. The maximum Gasteiger partial charge on any atom is 0.141 e. The van der Waals surface area contributed by atoms with Gasteiger partial charge in [-0.2, -0.15) is 0 Å². The molecule has 0 atom stereocenters. The van der Waals surface area contributed by atoms with Crippen LogP contribution in [0.3, 0.4) is 0 Å². The molecule has 0 radical (unpaired) electrons. The summed E-state index contributed by atoms with van der Waals surface area (Å²) >= 11 is 1.85. The van der Waals surface area contributed by atoms with Gasteiger partial charge in [0.2, 0.25) is 0 Å². The van der Waals surface area contributed by atoms with E-state index in [1.54, 1.807) is 25.6 Å². The zero-order valence-electron chi connectivity index (χ0n) is 16.7. The number of hydrogen-bond donors (Lipinski definition) is 0. The average Bonchev–Trinajstić information content (AvgIpc) is 3.13. The molecule has 1 aromatic carbocycles. The first-order chi connectivity index (χ1) is 14.2. The average molecular weight is 413 g/mol. The van der Waals surface area contributed by atoms with E-state index in [1.165, 1.54) is 41.2 Å². The number of nitrogens with zero attached hydrogens (tertiary/aromatic N) is 4. The van der Waals surface area contributed by atoms with E-state index in [4.69, 9.17) is 9.72 Å². The highest BCUT2D eigenvalue weighted by molar-refractivity contribution is 7.19. The van der Waals surface area contributed by atoms with Crippen LogP contribution in [0, 0.1) is 5.82 Å². The van der Waals surface area contributed by atoms with Gasteiger partial charge in [-0.05, 0) is 49.4 Å². The van der Waals surface area contributed by atoms with Crippen LogP contribution < -0.4 is 9.64 Å². The smallest absolute Gasteiger partial charge is 0.141 e. The summed E-state index contributed by atoms with van der Waals surface area (Å²) in [6, 6.07) is 4.73. The number of ether oxygens (including phenoxy) is 1. The van der Waals surface area contributed by atoms with Crippen molar-refractivity contribution < 1.29 is 9.13 Å². The third-order valence-corrected chi connectivity index (χ3v) is 7.24. The maximum atomic E-state index is 13.7. The fourth-order valence-electron chi connectivity index (χ4n) is 4.54. The van der Waals surface area contributed by atoms with Crippen LogP contribution in [0.25, 0.3) is 10.2 Å². The standard InChI is InChI=1S/C22H25FN4OS/c1-28-18-7-6-16(23)12-15(18)13-26-8-10-27(11-9-26)21-20-17-4-2-3-5-19(17)29-22(20)25-14-24-21/h6-7,12,14H,2-5,8-11,13H2,1H3. The topological polar surface area (TPSA) is 41.5 Å². The maximum absolute atomic E-state index is 13.7. The van der Waals surface area contributed by atoms with Gasteiger partial charge in [0, 0.05) is 43.2 Å². The minimum Gasteiger partial charge on any atom is -0.496 e. The molecule has 1 saturated heterocycles. The molecule has 152 valence electrons. The Morgan fingerprint density at radius 2 is 1.93 bits per heavy atom. The Labute approximate surface area is 174 Å². The number of thiophene rings is 1. The Balaban J connectivity index is 1.34. The Hall–Kier alpha value is -2.25. The van der Waals surface area contributed by atoms with Crippen molar-refractivity contribution in [3.8, 4) is 5.75 Å². The number of methoxy groups -OCH3 is 1. The molecule has 0 bridgehead atoms. The van der Waals surface area contributed by atoms with Gasteiger partial charge in [0.05, 0.1) is 12.5 Å². The lowest BCUT2D eigenvalue weighted by Crippen LogP contribution is -2.46. The molecule has 7 heteroatoms. The normalized spacial score (nSPS) is 17.5. The van der Waals surface area contributed by atoms with E-state index in [-0.39, 0.29) is 5.82 Å². The lowest BCUT2D eigenvalue weighted by Gasteiger charge is -2.36. The molecule has 0 unspecified atom stereocenters. The van der Waals surface area contributed by atoms with E-state index in [0.717, 1.165) is 54.6 Å². The van der Waals surface area contributed by atoms with Crippen LogP contribution in [-0.4, -0.2) is 48.2 Å². The molecular formula is C22H25FN4OS. The van der Waals surface area contributed by atoms with Crippen LogP contribution in [0.15, 0.2) is 24.5 Å². The van der Waals surface area contributed by atoms with Crippen LogP contribution >= 0.6 is 11.3 Å². The van der Waals surface area contributed by atoms with Gasteiger partial charge < -0.3 is 9.64 Å². The van der Waals surface area contributed by atoms with Crippen molar-refractivity contribution in [3.05, 3.63) is 46.3 Å². The number of benzene rings is 1. The van der Waals surface area contributed by atoms with Gasteiger partial charge in [-0.15, -0.1) is 11.3 Å². The van der Waals surface area contributed by atoms with Gasteiger partial charge in [0.15, 0.2) is 0 Å². The summed E-state index contributed by atoms with van der Waals surface area (Å²) in [7, 11) is 1.64. The van der Waals surface area contributed by atoms with Crippen molar-refractivity contribution in [3.63, 3.8) is 0 Å². The second kappa shape index (κ2) is 7.88. The predicted molar refractivity (Wildman–Crippen MR) is 114 cm³/mol. The van der Waals surface area contributed by atoms with Gasteiger partial charge in [0.25, 0.3) is 0 Å². The van der Waals surface area contributed by atoms with Crippen LogP contribution in [0.1, 0.15) is 28.8 Å². The molecule has 1 aliphatic heterocycles. The van der Waals surface area contributed by atoms with Crippen molar-refractivity contribution >= 4 is 27.4 Å². The molecule has 1 aliphatic carbocycles. The number of piperazine rings is 1. The summed E-state index contributed by atoms with van der Waals surface area (Å²) in [5.41, 5.74) is 2.39. The van der Waals surface area contributed by atoms with Gasteiger partial charge in [-0.25, -0.2) is 14.4 Å². The second-order valence-corrected chi connectivity index (χ2v) is 8.89. The van der Waals surface area contributed by atoms with Gasteiger partial charge in [-0.1, -0.05) is 0 Å². The molecule has 3 aromatic rings. The lowest BCUT2D eigenvalue weighted by atomic mass is 9.97. The number of fused-ring (bicyclic) bond motifs is 3. The SMILES string of the molecule is COc1ccc(F)cc1CN1CCN(c2ncnc3sc4c(c23)CCCC4)CC1. The first-order valence-corrected chi connectivity index (χ1v) is 11.1. The van der Waals surface area contributed by atoms with E-state index in [0.29, 0.717) is 6.54 Å². The molecule has 3 heterocycles. The van der Waals surface area contributed by atoms with E-state index in [2.05, 4.69) is 14.8 Å². The quantitative estimate of drug-likeness (QED) is 0.647. The van der Waals surface area contributed by atoms with Crippen LogP contribution in [0.2, 0.25) is 0 Å². The Kier molecular flexibility index (Phi) is 5.09. The molecule has 0 saturated carbocycles. The molecule has 5 nitrogen and oxygen atoms in total. The summed E-state index contributed by atoms with van der Waals surface area (Å²) in [5.74, 6) is 1.62. The third-order valence-electron chi connectivity index (χ3n) is 6.04. The summed E-state index contributed by atoms with van der Waals surface area (Å²) in [6.07, 6.45) is 6.58. The predicted octanol–water partition coefficient (Wildman–Crippen LogP) is 4.04. The van der Waals surface area contributed by atoms with E-state index in [9.17, 15) is 4.39 Å². The lowest BCUT2D eigenvalue weighted by molar-refractivity contribution is 0.245. The van der Waals surface area contributed by atoms with E-state index in [1.807, 2.05) is 11.3 Å². The molecular weight excluding hydrogens is 387 g/mol. The highest BCUT2D eigenvalue weighted by Crippen LogP contribution is 2.39. The zero-order valence-corrected chi connectivity index (χ0v) is 17.5. The third kappa shape index (κ3) is 3.57. The van der Waals surface area contributed by atoms with E-state index < -0.39 is 0 Å². The van der Waals surface area contributed by atoms with Gasteiger partial charge in [-0.3, -0.25) is 4.90 Å². The van der Waals surface area contributed by atoms with Crippen molar-refractivity contribution in [2.75, 3.05) is 38.2 Å². The first kappa shape index (κ1) is 18.8. The van der Waals surface area contributed by atoms with Crippen molar-refractivity contribution in [1.29, 1.82) is 0 Å². The Morgan fingerprint density at radius 1 is 1.10 bits per heavy atom. The highest BCUT2D eigenvalue weighted by Gasteiger charge is 2.25. The minimum atomic E-state index is -0.218. The fourth-order valence-corrected chi connectivity index (χ4v) is 5.77. The van der Waals surface area contributed by atoms with Crippen molar-refractivity contribution in [1.82, 2.24) is 14.9 Å². The summed E-state index contributed by atoms with van der Waals surface area (Å²) in [6.45, 7) is 4.35. The van der Waals surface area contributed by atoms with Crippen LogP contribution in [0.5, 0.6) is 5.75 Å². The first-order valence-electron chi connectivity index (χ1n) is 10.3. The number of halogens is 1. The second-order valence-electron chi connectivity index (χ2n) is 7.81. The number of aromatic nitrogens is 2. The van der Waals surface area contributed by atoms with E-state index >= 15 is 0 Å². The largest absolute Gasteiger partial charge is 0.496 e. The number of rotatable bonds is 4. The number of anilines is 1. The van der Waals surface area contributed by atoms with Crippen molar-refractivity contribution in [2.45, 2.75) is 32.2 Å². The monoisotopic (exact) mass is 412 g/mol. The highest BCUT2D eigenvalue weighted by atomic mass is 32.1. The Morgan fingerprint density at radius 3 is 2.76 bits per heavy atom. The van der Waals surface area contributed by atoms with Gasteiger partial charge in [0.1, 0.15) is 28.5 Å².